The minimum atomic E-state index is -0.561. The first kappa shape index (κ1) is 16.3. The molecule has 1 fully saturated rings. The number of furan rings is 1. The number of likely N-dealkylation sites (tertiary alicyclic amines) is 1. The number of carbonyl (C=O) groups excluding carboxylic acids is 2. The van der Waals surface area contributed by atoms with Gasteiger partial charge in [0.1, 0.15) is 5.60 Å². The molecule has 22 heavy (non-hydrogen) atoms. The minimum absolute atomic E-state index is 0.0771. The Morgan fingerprint density at radius 3 is 2.77 bits per heavy atom. The maximum absolute atomic E-state index is 12.4. The van der Waals surface area contributed by atoms with Crippen molar-refractivity contribution in [1.29, 1.82) is 0 Å². The predicted molar refractivity (Wildman–Crippen MR) is 83.3 cm³/mol. The molecule has 1 atom stereocenters. The summed E-state index contributed by atoms with van der Waals surface area (Å²) in [6.45, 7) is 6.03. The van der Waals surface area contributed by atoms with Crippen LogP contribution in [-0.4, -0.2) is 35.0 Å². The van der Waals surface area contributed by atoms with Crippen molar-refractivity contribution in [1.82, 2.24) is 4.90 Å². The van der Waals surface area contributed by atoms with Gasteiger partial charge in [-0.05, 0) is 58.3 Å². The highest BCUT2D eigenvalue weighted by Gasteiger charge is 2.33. The molecule has 1 aromatic rings. The average Bonchev–Trinajstić information content (AvgIpc) is 2.96. The zero-order valence-electron chi connectivity index (χ0n) is 13.4. The number of hydrogen-bond acceptors (Lipinski definition) is 4. The van der Waals surface area contributed by atoms with Gasteiger partial charge >= 0.3 is 6.09 Å². The van der Waals surface area contributed by atoms with E-state index in [1.165, 1.54) is 6.08 Å². The van der Waals surface area contributed by atoms with Crippen molar-refractivity contribution in [2.24, 2.45) is 0 Å². The molecule has 5 heteroatoms. The van der Waals surface area contributed by atoms with Gasteiger partial charge in [-0.2, -0.15) is 0 Å². The first-order valence-corrected chi connectivity index (χ1v) is 7.60. The lowest BCUT2D eigenvalue weighted by Gasteiger charge is -2.35. The van der Waals surface area contributed by atoms with E-state index in [4.69, 9.17) is 9.15 Å². The van der Waals surface area contributed by atoms with Crippen LogP contribution in [0.2, 0.25) is 0 Å². The number of rotatable bonds is 3. The molecule has 0 radical (unpaired) electrons. The van der Waals surface area contributed by atoms with Crippen LogP contribution >= 0.6 is 0 Å². The van der Waals surface area contributed by atoms with Crippen LogP contribution in [-0.2, 0) is 9.53 Å². The van der Waals surface area contributed by atoms with Crippen LogP contribution in [0.1, 0.15) is 45.6 Å². The second-order valence-electron chi connectivity index (χ2n) is 6.48. The van der Waals surface area contributed by atoms with Crippen molar-refractivity contribution < 1.29 is 18.7 Å². The summed E-state index contributed by atoms with van der Waals surface area (Å²) in [6, 6.07) is 1.34. The molecule has 1 aliphatic rings. The third-order valence-electron chi connectivity index (χ3n) is 3.44. The number of nitrogens with zero attached hydrogens (tertiary/aromatic N) is 1. The van der Waals surface area contributed by atoms with E-state index in [0.717, 1.165) is 18.4 Å². The van der Waals surface area contributed by atoms with Crippen LogP contribution in [0.4, 0.5) is 4.79 Å². The van der Waals surface area contributed by atoms with Gasteiger partial charge in [-0.1, -0.05) is 0 Å². The fourth-order valence-electron chi connectivity index (χ4n) is 2.43. The zero-order chi connectivity index (χ0) is 16.2. The topological polar surface area (TPSA) is 59.8 Å². The molecule has 1 aliphatic heterocycles. The summed E-state index contributed by atoms with van der Waals surface area (Å²) in [5.41, 5.74) is 0.266. The SMILES string of the molecule is CC(C)(C)OC(=O)N1CCCCC1C(=O)/C=C/c1ccoc1. The third-order valence-corrected chi connectivity index (χ3v) is 3.44. The van der Waals surface area contributed by atoms with Crippen LogP contribution in [0.3, 0.4) is 0 Å². The van der Waals surface area contributed by atoms with Crippen molar-refractivity contribution in [3.63, 3.8) is 0 Å². The molecular weight excluding hydrogens is 282 g/mol. The maximum atomic E-state index is 12.4. The number of ketones is 1. The Morgan fingerprint density at radius 1 is 1.36 bits per heavy atom. The Morgan fingerprint density at radius 2 is 2.14 bits per heavy atom. The minimum Gasteiger partial charge on any atom is -0.472 e. The molecule has 0 N–H and O–H groups in total. The van der Waals surface area contributed by atoms with Gasteiger partial charge in [0.2, 0.25) is 0 Å². The first-order chi connectivity index (χ1) is 10.4. The quantitative estimate of drug-likeness (QED) is 0.800. The van der Waals surface area contributed by atoms with Crippen molar-refractivity contribution >= 4 is 18.0 Å². The third kappa shape index (κ3) is 4.48. The van der Waals surface area contributed by atoms with Gasteiger partial charge in [-0.3, -0.25) is 9.69 Å². The highest BCUT2D eigenvalue weighted by molar-refractivity contribution is 5.99. The highest BCUT2D eigenvalue weighted by Crippen LogP contribution is 2.21. The summed E-state index contributed by atoms with van der Waals surface area (Å²) >= 11 is 0. The lowest BCUT2D eigenvalue weighted by atomic mass is 9.98. The number of hydrogen-bond donors (Lipinski definition) is 0. The smallest absolute Gasteiger partial charge is 0.410 e. The van der Waals surface area contributed by atoms with E-state index < -0.39 is 17.7 Å². The number of piperidine rings is 1. The molecule has 2 heterocycles. The first-order valence-electron chi connectivity index (χ1n) is 7.60. The Balaban J connectivity index is 2.05. The Labute approximate surface area is 130 Å². The molecule has 1 aromatic heterocycles. The molecular formula is C17H23NO4. The molecule has 1 unspecified atom stereocenters. The standard InChI is InChI=1S/C17H23NO4/c1-17(2,3)22-16(20)18-10-5-4-6-14(18)15(19)8-7-13-9-11-21-12-13/h7-9,11-12,14H,4-6,10H2,1-3H3/b8-7+. The average molecular weight is 305 g/mol. The summed E-state index contributed by atoms with van der Waals surface area (Å²) in [5.74, 6) is -0.0771. The van der Waals surface area contributed by atoms with Crippen molar-refractivity contribution in [2.75, 3.05) is 6.54 Å². The summed E-state index contributed by atoms with van der Waals surface area (Å²) in [4.78, 5) is 26.2. The number of carbonyl (C=O) groups is 2. The van der Waals surface area contributed by atoms with E-state index in [9.17, 15) is 9.59 Å². The normalized spacial score (nSPS) is 19.4. The fourth-order valence-corrected chi connectivity index (χ4v) is 2.43. The number of amides is 1. The Bertz CT molecular complexity index is 540. The zero-order valence-corrected chi connectivity index (χ0v) is 13.4. The van der Waals surface area contributed by atoms with Gasteiger partial charge in [0.25, 0.3) is 0 Å². The van der Waals surface area contributed by atoms with Crippen LogP contribution in [0.25, 0.3) is 6.08 Å². The second kappa shape index (κ2) is 6.81. The Kier molecular flexibility index (Phi) is 5.06. The van der Waals surface area contributed by atoms with Crippen LogP contribution in [0.5, 0.6) is 0 Å². The highest BCUT2D eigenvalue weighted by atomic mass is 16.6. The van der Waals surface area contributed by atoms with E-state index in [0.29, 0.717) is 13.0 Å². The predicted octanol–water partition coefficient (Wildman–Crippen LogP) is 3.65. The van der Waals surface area contributed by atoms with Crippen LogP contribution < -0.4 is 0 Å². The van der Waals surface area contributed by atoms with E-state index in [-0.39, 0.29) is 5.78 Å². The summed E-state index contributed by atoms with van der Waals surface area (Å²) < 4.78 is 10.4. The lowest BCUT2D eigenvalue weighted by molar-refractivity contribution is -0.120. The van der Waals surface area contributed by atoms with Gasteiger partial charge in [-0.15, -0.1) is 0 Å². The molecule has 1 saturated heterocycles. The monoisotopic (exact) mass is 305 g/mol. The molecule has 1 amide bonds. The van der Waals surface area contributed by atoms with E-state index in [2.05, 4.69) is 0 Å². The van der Waals surface area contributed by atoms with Gasteiger partial charge in [0.15, 0.2) is 5.78 Å². The Hall–Kier alpha value is -2.04. The molecule has 0 aliphatic carbocycles. The van der Waals surface area contributed by atoms with Crippen molar-refractivity contribution in [3.8, 4) is 0 Å². The maximum Gasteiger partial charge on any atom is 0.410 e. The molecule has 0 saturated carbocycles. The van der Waals surface area contributed by atoms with Gasteiger partial charge in [0.05, 0.1) is 18.6 Å². The molecule has 0 aromatic carbocycles. The summed E-state index contributed by atoms with van der Waals surface area (Å²) in [6.07, 6.45) is 8.43. The molecule has 2 rings (SSSR count). The molecule has 0 spiro atoms. The van der Waals surface area contributed by atoms with Crippen LogP contribution in [0.15, 0.2) is 29.1 Å². The summed E-state index contributed by atoms with van der Waals surface area (Å²) in [7, 11) is 0. The van der Waals surface area contributed by atoms with Gasteiger partial charge in [-0.25, -0.2) is 4.79 Å². The fraction of sp³-hybridized carbons (Fsp3) is 0.529. The van der Waals surface area contributed by atoms with Gasteiger partial charge in [0, 0.05) is 12.1 Å². The lowest BCUT2D eigenvalue weighted by Crippen LogP contribution is -2.49. The van der Waals surface area contributed by atoms with E-state index >= 15 is 0 Å². The second-order valence-corrected chi connectivity index (χ2v) is 6.48. The molecule has 5 nitrogen and oxygen atoms in total. The molecule has 0 bridgehead atoms. The molecule has 120 valence electrons. The van der Waals surface area contributed by atoms with Crippen molar-refractivity contribution in [3.05, 3.63) is 30.2 Å². The largest absolute Gasteiger partial charge is 0.472 e. The summed E-state index contributed by atoms with van der Waals surface area (Å²) in [5, 5.41) is 0. The number of ether oxygens (including phenoxy) is 1. The van der Waals surface area contributed by atoms with Gasteiger partial charge < -0.3 is 9.15 Å². The van der Waals surface area contributed by atoms with Crippen molar-refractivity contribution in [2.45, 2.75) is 51.7 Å². The van der Waals surface area contributed by atoms with Crippen LogP contribution in [0, 0.1) is 0 Å². The van der Waals surface area contributed by atoms with E-state index in [1.807, 2.05) is 20.8 Å². The van der Waals surface area contributed by atoms with E-state index in [1.54, 1.807) is 29.6 Å².